The SMILES string of the molecule is C[C@@H](C(=O)NC(N)=O)N1CCN(c2ccc(C#N)cc2F)CC1. The molecule has 7 nitrogen and oxygen atoms in total. The quantitative estimate of drug-likeness (QED) is 0.839. The first kappa shape index (κ1) is 16.7. The van der Waals surface area contributed by atoms with E-state index in [1.54, 1.807) is 19.1 Å². The van der Waals surface area contributed by atoms with Gasteiger partial charge in [0.2, 0.25) is 5.91 Å². The molecular formula is C15H18FN5O2. The van der Waals surface area contributed by atoms with E-state index < -0.39 is 23.8 Å². The molecule has 0 saturated carbocycles. The molecule has 1 aliphatic heterocycles. The third kappa shape index (κ3) is 3.96. The van der Waals surface area contributed by atoms with Gasteiger partial charge in [0.15, 0.2) is 0 Å². The van der Waals surface area contributed by atoms with Crippen molar-refractivity contribution in [2.75, 3.05) is 31.1 Å². The van der Waals surface area contributed by atoms with Crippen LogP contribution < -0.4 is 16.0 Å². The van der Waals surface area contributed by atoms with E-state index in [9.17, 15) is 14.0 Å². The molecule has 122 valence electrons. The number of halogens is 1. The summed E-state index contributed by atoms with van der Waals surface area (Å²) in [5.74, 6) is -0.882. The van der Waals surface area contributed by atoms with Gasteiger partial charge in [0.05, 0.1) is 23.4 Å². The lowest BCUT2D eigenvalue weighted by Gasteiger charge is -2.38. The lowest BCUT2D eigenvalue weighted by molar-refractivity contribution is -0.124. The second kappa shape index (κ2) is 7.07. The molecule has 2 rings (SSSR count). The Morgan fingerprint density at radius 2 is 2.00 bits per heavy atom. The third-order valence-electron chi connectivity index (χ3n) is 3.91. The minimum Gasteiger partial charge on any atom is -0.367 e. The Morgan fingerprint density at radius 1 is 1.35 bits per heavy atom. The highest BCUT2D eigenvalue weighted by Gasteiger charge is 2.27. The highest BCUT2D eigenvalue weighted by atomic mass is 19.1. The average molecular weight is 319 g/mol. The topological polar surface area (TPSA) is 102 Å². The van der Waals surface area contributed by atoms with E-state index in [0.29, 0.717) is 31.9 Å². The Bertz CT molecular complexity index is 650. The summed E-state index contributed by atoms with van der Waals surface area (Å²) in [6, 6.07) is 4.91. The van der Waals surface area contributed by atoms with Crippen molar-refractivity contribution in [3.8, 4) is 6.07 Å². The van der Waals surface area contributed by atoms with Gasteiger partial charge in [-0.3, -0.25) is 15.0 Å². The van der Waals surface area contributed by atoms with Crippen molar-refractivity contribution >= 4 is 17.6 Å². The highest BCUT2D eigenvalue weighted by Crippen LogP contribution is 2.22. The minimum atomic E-state index is -0.875. The summed E-state index contributed by atoms with van der Waals surface area (Å²) in [5, 5.41) is 10.8. The molecule has 1 fully saturated rings. The number of imide groups is 1. The van der Waals surface area contributed by atoms with E-state index >= 15 is 0 Å². The molecule has 0 aromatic heterocycles. The molecule has 0 unspecified atom stereocenters. The number of piperazine rings is 1. The molecule has 0 spiro atoms. The smallest absolute Gasteiger partial charge is 0.318 e. The summed E-state index contributed by atoms with van der Waals surface area (Å²) in [6.45, 7) is 3.86. The van der Waals surface area contributed by atoms with E-state index in [1.807, 2.05) is 15.9 Å². The second-order valence-corrected chi connectivity index (χ2v) is 5.33. The van der Waals surface area contributed by atoms with E-state index in [0.717, 1.165) is 0 Å². The molecular weight excluding hydrogens is 301 g/mol. The van der Waals surface area contributed by atoms with Gasteiger partial charge in [0, 0.05) is 26.2 Å². The van der Waals surface area contributed by atoms with Crippen molar-refractivity contribution in [2.45, 2.75) is 13.0 Å². The minimum absolute atomic E-state index is 0.279. The summed E-state index contributed by atoms with van der Waals surface area (Å²) in [6.07, 6.45) is 0. The number of amides is 3. The number of urea groups is 1. The second-order valence-electron chi connectivity index (χ2n) is 5.33. The van der Waals surface area contributed by atoms with Crippen molar-refractivity contribution < 1.29 is 14.0 Å². The van der Waals surface area contributed by atoms with Crippen molar-refractivity contribution in [3.63, 3.8) is 0 Å². The Kier molecular flexibility index (Phi) is 5.13. The zero-order valence-corrected chi connectivity index (χ0v) is 12.8. The zero-order valence-electron chi connectivity index (χ0n) is 12.8. The van der Waals surface area contributed by atoms with Gasteiger partial charge in [0.1, 0.15) is 5.82 Å². The Labute approximate surface area is 133 Å². The number of nitrogens with two attached hydrogens (primary N) is 1. The fourth-order valence-corrected chi connectivity index (χ4v) is 2.57. The predicted molar refractivity (Wildman–Crippen MR) is 82.1 cm³/mol. The first-order chi connectivity index (χ1) is 10.9. The molecule has 1 aromatic carbocycles. The maximum Gasteiger partial charge on any atom is 0.318 e. The standard InChI is InChI=1S/C15H18FN5O2/c1-10(14(22)19-15(18)23)20-4-6-21(7-5-20)13-3-2-11(9-17)8-12(13)16/h2-3,8,10H,4-7H2,1H3,(H3,18,19,22,23)/t10-/m0/s1. The molecule has 0 aliphatic carbocycles. The molecule has 0 radical (unpaired) electrons. The van der Waals surface area contributed by atoms with Gasteiger partial charge in [0.25, 0.3) is 0 Å². The van der Waals surface area contributed by atoms with Crippen LogP contribution in [0, 0.1) is 17.1 Å². The number of anilines is 1. The van der Waals surface area contributed by atoms with E-state index in [1.165, 1.54) is 6.07 Å². The number of primary amides is 1. The van der Waals surface area contributed by atoms with Crippen LogP contribution in [0.2, 0.25) is 0 Å². The van der Waals surface area contributed by atoms with Crippen LogP contribution in [0.1, 0.15) is 12.5 Å². The number of carbonyl (C=O) groups excluding carboxylic acids is 2. The van der Waals surface area contributed by atoms with Crippen LogP contribution in [0.4, 0.5) is 14.9 Å². The van der Waals surface area contributed by atoms with Crippen LogP contribution in [-0.4, -0.2) is 49.1 Å². The van der Waals surface area contributed by atoms with Gasteiger partial charge in [-0.15, -0.1) is 0 Å². The van der Waals surface area contributed by atoms with Crippen molar-refractivity contribution in [1.29, 1.82) is 5.26 Å². The fraction of sp³-hybridized carbons (Fsp3) is 0.400. The van der Waals surface area contributed by atoms with Crippen molar-refractivity contribution in [1.82, 2.24) is 10.2 Å². The molecule has 1 heterocycles. The van der Waals surface area contributed by atoms with Crippen molar-refractivity contribution in [3.05, 3.63) is 29.6 Å². The molecule has 1 atom stereocenters. The first-order valence-electron chi connectivity index (χ1n) is 7.21. The number of nitriles is 1. The monoisotopic (exact) mass is 319 g/mol. The molecule has 1 aromatic rings. The number of nitrogens with one attached hydrogen (secondary N) is 1. The predicted octanol–water partition coefficient (Wildman–Crippen LogP) is 0.403. The molecule has 0 bridgehead atoms. The summed E-state index contributed by atoms with van der Waals surface area (Å²) in [7, 11) is 0. The van der Waals surface area contributed by atoms with Crippen molar-refractivity contribution in [2.24, 2.45) is 5.73 Å². The van der Waals surface area contributed by atoms with Gasteiger partial charge in [-0.25, -0.2) is 9.18 Å². The van der Waals surface area contributed by atoms with Gasteiger partial charge in [-0.2, -0.15) is 5.26 Å². The summed E-state index contributed by atoms with van der Waals surface area (Å²) >= 11 is 0. The van der Waals surface area contributed by atoms with Crippen LogP contribution in [-0.2, 0) is 4.79 Å². The van der Waals surface area contributed by atoms with Gasteiger partial charge < -0.3 is 10.6 Å². The largest absolute Gasteiger partial charge is 0.367 e. The van der Waals surface area contributed by atoms with Crippen LogP contribution in [0.3, 0.4) is 0 Å². The molecule has 1 aliphatic rings. The molecule has 3 amide bonds. The lowest BCUT2D eigenvalue weighted by atomic mass is 10.1. The zero-order chi connectivity index (χ0) is 17.0. The molecule has 1 saturated heterocycles. The van der Waals surface area contributed by atoms with E-state index in [4.69, 9.17) is 11.0 Å². The molecule has 8 heteroatoms. The summed E-state index contributed by atoms with van der Waals surface area (Å²) < 4.78 is 14.0. The number of carbonyl (C=O) groups is 2. The van der Waals surface area contributed by atoms with Gasteiger partial charge in [-0.1, -0.05) is 0 Å². The van der Waals surface area contributed by atoms with Crippen LogP contribution in [0.5, 0.6) is 0 Å². The number of rotatable bonds is 3. The third-order valence-corrected chi connectivity index (χ3v) is 3.91. The van der Waals surface area contributed by atoms with Gasteiger partial charge >= 0.3 is 6.03 Å². The summed E-state index contributed by atoms with van der Waals surface area (Å²) in [5.41, 5.74) is 5.66. The van der Waals surface area contributed by atoms with Gasteiger partial charge in [-0.05, 0) is 25.1 Å². The maximum absolute atomic E-state index is 14.0. The fourth-order valence-electron chi connectivity index (χ4n) is 2.57. The Morgan fingerprint density at radius 3 is 2.52 bits per heavy atom. The summed E-state index contributed by atoms with van der Waals surface area (Å²) in [4.78, 5) is 26.3. The normalized spacial score (nSPS) is 16.5. The number of hydrogen-bond acceptors (Lipinski definition) is 5. The number of benzene rings is 1. The van der Waals surface area contributed by atoms with Crippen LogP contribution >= 0.6 is 0 Å². The number of hydrogen-bond donors (Lipinski definition) is 2. The van der Waals surface area contributed by atoms with Crippen LogP contribution in [0.25, 0.3) is 0 Å². The lowest BCUT2D eigenvalue weighted by Crippen LogP contribution is -2.55. The average Bonchev–Trinajstić information content (AvgIpc) is 2.53. The molecule has 23 heavy (non-hydrogen) atoms. The van der Waals surface area contributed by atoms with E-state index in [2.05, 4.69) is 5.32 Å². The Balaban J connectivity index is 1.97. The molecule has 3 N–H and O–H groups in total. The van der Waals surface area contributed by atoms with Crippen LogP contribution in [0.15, 0.2) is 18.2 Å². The highest BCUT2D eigenvalue weighted by molar-refractivity contribution is 5.96. The maximum atomic E-state index is 14.0. The first-order valence-corrected chi connectivity index (χ1v) is 7.21. The number of nitrogens with zero attached hydrogens (tertiary/aromatic N) is 3. The van der Waals surface area contributed by atoms with E-state index in [-0.39, 0.29) is 5.56 Å². The Hall–Kier alpha value is -2.66.